The minimum atomic E-state index is -0.0567. The second-order valence-electron chi connectivity index (χ2n) is 5.68. The summed E-state index contributed by atoms with van der Waals surface area (Å²) >= 11 is 12.1. The lowest BCUT2D eigenvalue weighted by molar-refractivity contribution is -0.132. The van der Waals surface area contributed by atoms with Gasteiger partial charge in [0.2, 0.25) is 5.91 Å². The maximum atomic E-state index is 12.3. The summed E-state index contributed by atoms with van der Waals surface area (Å²) in [5.74, 6) is 0.155. The number of nitrogens with one attached hydrogen (secondary N) is 1. The standard InChI is InChI=1S/C16H22Cl2N2O.ClH/c1-11(14-7-5-12(17)10-15(14)18)20(2)16(21)8-6-13-4-3-9-19-13;/h5,7,10-11,13,19H,3-4,6,8-9H2,1-2H3;1H. The van der Waals surface area contributed by atoms with Crippen molar-refractivity contribution in [3.63, 3.8) is 0 Å². The van der Waals surface area contributed by atoms with Crippen LogP contribution in [0.25, 0.3) is 0 Å². The van der Waals surface area contributed by atoms with Crippen LogP contribution in [0.15, 0.2) is 18.2 Å². The summed E-state index contributed by atoms with van der Waals surface area (Å²) in [6.45, 7) is 3.06. The van der Waals surface area contributed by atoms with Gasteiger partial charge in [-0.25, -0.2) is 0 Å². The van der Waals surface area contributed by atoms with Gasteiger partial charge in [0.1, 0.15) is 0 Å². The smallest absolute Gasteiger partial charge is 0.222 e. The molecule has 3 nitrogen and oxygen atoms in total. The third-order valence-electron chi connectivity index (χ3n) is 4.26. The number of carbonyl (C=O) groups is 1. The SMILES string of the molecule is CC(c1ccc(Cl)cc1Cl)N(C)C(=O)CCC1CCCN1.Cl. The maximum Gasteiger partial charge on any atom is 0.222 e. The van der Waals surface area contributed by atoms with Crippen LogP contribution in [0.4, 0.5) is 0 Å². The van der Waals surface area contributed by atoms with E-state index >= 15 is 0 Å². The molecule has 1 N–H and O–H groups in total. The van der Waals surface area contributed by atoms with E-state index in [4.69, 9.17) is 23.2 Å². The first-order valence-corrected chi connectivity index (χ1v) is 8.18. The van der Waals surface area contributed by atoms with E-state index in [9.17, 15) is 4.79 Å². The summed E-state index contributed by atoms with van der Waals surface area (Å²) in [7, 11) is 1.83. The van der Waals surface area contributed by atoms with Gasteiger partial charge in [-0.05, 0) is 50.4 Å². The Morgan fingerprint density at radius 2 is 2.18 bits per heavy atom. The van der Waals surface area contributed by atoms with E-state index in [1.165, 1.54) is 12.8 Å². The summed E-state index contributed by atoms with van der Waals surface area (Å²) < 4.78 is 0. The van der Waals surface area contributed by atoms with Gasteiger partial charge < -0.3 is 10.2 Å². The number of rotatable bonds is 5. The number of benzene rings is 1. The van der Waals surface area contributed by atoms with Crippen molar-refractivity contribution in [3.05, 3.63) is 33.8 Å². The van der Waals surface area contributed by atoms with Crippen LogP contribution in [0.1, 0.15) is 44.2 Å². The lowest BCUT2D eigenvalue weighted by atomic mass is 10.1. The molecule has 1 aliphatic heterocycles. The third kappa shape index (κ3) is 5.02. The molecule has 1 saturated heterocycles. The van der Waals surface area contributed by atoms with E-state index in [1.807, 2.05) is 20.0 Å². The Balaban J connectivity index is 0.00000242. The van der Waals surface area contributed by atoms with Crippen molar-refractivity contribution in [2.75, 3.05) is 13.6 Å². The molecule has 22 heavy (non-hydrogen) atoms. The number of carbonyl (C=O) groups excluding carboxylic acids is 1. The summed E-state index contributed by atoms with van der Waals surface area (Å²) in [6, 6.07) is 5.85. The average molecular weight is 366 g/mol. The fourth-order valence-corrected chi connectivity index (χ4v) is 3.31. The molecule has 2 rings (SSSR count). The van der Waals surface area contributed by atoms with Gasteiger partial charge in [-0.3, -0.25) is 4.79 Å². The molecule has 124 valence electrons. The highest BCUT2D eigenvalue weighted by atomic mass is 35.5. The van der Waals surface area contributed by atoms with E-state index < -0.39 is 0 Å². The highest BCUT2D eigenvalue weighted by Gasteiger charge is 2.21. The molecule has 1 aliphatic rings. The van der Waals surface area contributed by atoms with Gasteiger partial charge in [0.05, 0.1) is 6.04 Å². The summed E-state index contributed by atoms with van der Waals surface area (Å²) in [6.07, 6.45) is 3.87. The lowest BCUT2D eigenvalue weighted by Gasteiger charge is -2.26. The predicted octanol–water partition coefficient (Wildman–Crippen LogP) is 4.47. The van der Waals surface area contributed by atoms with Crippen molar-refractivity contribution in [1.29, 1.82) is 0 Å². The number of halogens is 3. The maximum absolute atomic E-state index is 12.3. The lowest BCUT2D eigenvalue weighted by Crippen LogP contribution is -2.31. The predicted molar refractivity (Wildman–Crippen MR) is 95.2 cm³/mol. The summed E-state index contributed by atoms with van der Waals surface area (Å²) in [4.78, 5) is 14.1. The number of hydrogen-bond donors (Lipinski definition) is 1. The number of hydrogen-bond acceptors (Lipinski definition) is 2. The van der Waals surface area contributed by atoms with Gasteiger partial charge in [0.15, 0.2) is 0 Å². The van der Waals surface area contributed by atoms with Gasteiger partial charge in [0.25, 0.3) is 0 Å². The third-order valence-corrected chi connectivity index (χ3v) is 4.82. The first-order valence-electron chi connectivity index (χ1n) is 7.43. The highest BCUT2D eigenvalue weighted by molar-refractivity contribution is 6.35. The molecule has 1 amide bonds. The second kappa shape index (κ2) is 8.97. The average Bonchev–Trinajstić information content (AvgIpc) is 2.96. The molecule has 1 heterocycles. The minimum absolute atomic E-state index is 0. The van der Waals surface area contributed by atoms with Crippen LogP contribution < -0.4 is 5.32 Å². The molecule has 0 spiro atoms. The quantitative estimate of drug-likeness (QED) is 0.835. The Hall–Kier alpha value is -0.480. The van der Waals surface area contributed by atoms with E-state index in [0.29, 0.717) is 22.5 Å². The van der Waals surface area contributed by atoms with E-state index in [2.05, 4.69) is 5.32 Å². The molecule has 0 bridgehead atoms. The molecule has 2 unspecified atom stereocenters. The Morgan fingerprint density at radius 1 is 1.45 bits per heavy atom. The molecule has 0 saturated carbocycles. The van der Waals surface area contributed by atoms with E-state index in [1.54, 1.807) is 17.0 Å². The zero-order chi connectivity index (χ0) is 15.4. The first-order chi connectivity index (χ1) is 9.99. The van der Waals surface area contributed by atoms with E-state index in [0.717, 1.165) is 18.5 Å². The van der Waals surface area contributed by atoms with Crippen molar-refractivity contribution in [1.82, 2.24) is 10.2 Å². The number of amides is 1. The van der Waals surface area contributed by atoms with Crippen molar-refractivity contribution in [3.8, 4) is 0 Å². The van der Waals surface area contributed by atoms with Crippen LogP contribution in [0.5, 0.6) is 0 Å². The molecule has 0 aromatic heterocycles. The molecule has 2 atom stereocenters. The molecule has 0 aliphatic carbocycles. The Kier molecular flexibility index (Phi) is 7.98. The fraction of sp³-hybridized carbons (Fsp3) is 0.562. The van der Waals surface area contributed by atoms with Gasteiger partial charge >= 0.3 is 0 Å². The zero-order valence-electron chi connectivity index (χ0n) is 12.9. The van der Waals surface area contributed by atoms with Gasteiger partial charge in [-0.1, -0.05) is 29.3 Å². The van der Waals surface area contributed by atoms with Crippen LogP contribution in [0.2, 0.25) is 10.0 Å². The van der Waals surface area contributed by atoms with Crippen LogP contribution in [0.3, 0.4) is 0 Å². The second-order valence-corrected chi connectivity index (χ2v) is 6.52. The summed E-state index contributed by atoms with van der Waals surface area (Å²) in [5, 5.41) is 4.63. The van der Waals surface area contributed by atoms with Crippen LogP contribution in [-0.2, 0) is 4.79 Å². The topological polar surface area (TPSA) is 32.3 Å². The molecular formula is C16H23Cl3N2O. The van der Waals surface area contributed by atoms with Crippen molar-refractivity contribution < 1.29 is 4.79 Å². The first kappa shape index (κ1) is 19.6. The Labute approximate surface area is 148 Å². The number of nitrogens with zero attached hydrogens (tertiary/aromatic N) is 1. The minimum Gasteiger partial charge on any atom is -0.339 e. The summed E-state index contributed by atoms with van der Waals surface area (Å²) in [5.41, 5.74) is 0.927. The molecule has 1 aromatic rings. The van der Waals surface area contributed by atoms with Gasteiger partial charge in [0, 0.05) is 29.6 Å². The van der Waals surface area contributed by atoms with E-state index in [-0.39, 0.29) is 24.4 Å². The molecule has 6 heteroatoms. The molecule has 0 radical (unpaired) electrons. The largest absolute Gasteiger partial charge is 0.339 e. The van der Waals surface area contributed by atoms with Crippen LogP contribution in [0, 0.1) is 0 Å². The molecule has 1 aromatic carbocycles. The fourth-order valence-electron chi connectivity index (χ4n) is 2.74. The monoisotopic (exact) mass is 364 g/mol. The molecular weight excluding hydrogens is 343 g/mol. The van der Waals surface area contributed by atoms with Crippen molar-refractivity contribution in [2.24, 2.45) is 0 Å². The highest BCUT2D eigenvalue weighted by Crippen LogP contribution is 2.29. The van der Waals surface area contributed by atoms with Crippen molar-refractivity contribution >= 4 is 41.5 Å². The van der Waals surface area contributed by atoms with Gasteiger partial charge in [-0.15, -0.1) is 12.4 Å². The van der Waals surface area contributed by atoms with Crippen LogP contribution in [-0.4, -0.2) is 30.4 Å². The van der Waals surface area contributed by atoms with Crippen molar-refractivity contribution in [2.45, 2.75) is 44.7 Å². The normalized spacial score (nSPS) is 18.6. The Bertz CT molecular complexity index is 504. The van der Waals surface area contributed by atoms with Gasteiger partial charge in [-0.2, -0.15) is 0 Å². The van der Waals surface area contributed by atoms with Crippen LogP contribution >= 0.6 is 35.6 Å². The Morgan fingerprint density at radius 3 is 2.77 bits per heavy atom. The molecule has 1 fully saturated rings. The zero-order valence-corrected chi connectivity index (χ0v) is 15.3.